The highest BCUT2D eigenvalue weighted by atomic mass is 16.5. The van der Waals surface area contributed by atoms with Crippen LogP contribution < -0.4 is 0 Å². The monoisotopic (exact) mass is 473 g/mol. The summed E-state index contributed by atoms with van der Waals surface area (Å²) in [6.07, 6.45) is 12.7. The van der Waals surface area contributed by atoms with Gasteiger partial charge in [-0.05, 0) is 56.3 Å². The van der Waals surface area contributed by atoms with Crippen molar-refractivity contribution in [3.8, 4) is 0 Å². The maximum Gasteiger partial charge on any atom is 0.202 e. The Balaban J connectivity index is 1.35. The van der Waals surface area contributed by atoms with Crippen LogP contribution in [0.15, 0.2) is 59.4 Å². The zero-order chi connectivity index (χ0) is 23.9. The molecule has 5 heteroatoms. The standard InChI is InChI=1S/C30H35NO4/c1-31-16-15-29-22-11-12-24(32)27(29)35-28-25(29)19(17-23(22)31)13-14-30(28,34)26(33)21-10-6-5-9-20(21)18-7-3-2-4-8-18/h5-6,9-13,18,22-24,27,32,34H,2-4,7-8,14-17H2,1H3/t22-,23+,24-,27-,29-,30?/m0/s1. The second kappa shape index (κ2) is 7.64. The molecule has 0 amide bonds. The lowest BCUT2D eigenvalue weighted by molar-refractivity contribution is -0.0989. The van der Waals surface area contributed by atoms with E-state index in [1.54, 1.807) is 0 Å². The van der Waals surface area contributed by atoms with Crippen molar-refractivity contribution in [1.29, 1.82) is 0 Å². The zero-order valence-electron chi connectivity index (χ0n) is 20.5. The minimum atomic E-state index is -1.73. The first-order valence-electron chi connectivity index (χ1n) is 13.5. The largest absolute Gasteiger partial charge is 0.487 e. The number of piperidine rings is 1. The summed E-state index contributed by atoms with van der Waals surface area (Å²) in [5.41, 5.74) is 1.84. The Hall–Kier alpha value is -2.21. The van der Waals surface area contributed by atoms with E-state index in [2.05, 4.69) is 30.2 Å². The summed E-state index contributed by atoms with van der Waals surface area (Å²) in [5, 5.41) is 23.2. The molecule has 184 valence electrons. The number of benzene rings is 1. The molecule has 2 aliphatic heterocycles. The van der Waals surface area contributed by atoms with E-state index in [-0.39, 0.29) is 23.5 Å². The number of carbonyl (C=O) groups excluding carboxylic acids is 1. The van der Waals surface area contributed by atoms with Crippen LogP contribution in [-0.4, -0.2) is 58.3 Å². The summed E-state index contributed by atoms with van der Waals surface area (Å²) < 4.78 is 6.57. The third-order valence-electron chi connectivity index (χ3n) is 10.1. The molecule has 1 aromatic rings. The molecule has 2 bridgehead atoms. The van der Waals surface area contributed by atoms with Gasteiger partial charge in [0.1, 0.15) is 18.0 Å². The van der Waals surface area contributed by atoms with Gasteiger partial charge < -0.3 is 19.8 Å². The molecule has 35 heavy (non-hydrogen) atoms. The molecule has 2 saturated carbocycles. The normalized spacial score (nSPS) is 40.3. The Bertz CT molecular complexity index is 1180. The molecule has 2 heterocycles. The number of rotatable bonds is 3. The van der Waals surface area contributed by atoms with Crippen LogP contribution in [0.25, 0.3) is 0 Å². The van der Waals surface area contributed by atoms with E-state index in [9.17, 15) is 15.0 Å². The lowest BCUT2D eigenvalue weighted by atomic mass is 9.51. The zero-order valence-corrected chi connectivity index (χ0v) is 20.5. The molecule has 1 unspecified atom stereocenters. The van der Waals surface area contributed by atoms with E-state index in [0.29, 0.717) is 23.3 Å². The van der Waals surface area contributed by atoms with E-state index in [1.807, 2.05) is 24.3 Å². The molecule has 1 aromatic carbocycles. The Morgan fingerprint density at radius 1 is 1.14 bits per heavy atom. The minimum Gasteiger partial charge on any atom is -0.487 e. The predicted octanol–water partition coefficient (Wildman–Crippen LogP) is 4.27. The molecule has 0 radical (unpaired) electrons. The molecule has 2 N–H and O–H groups in total. The smallest absolute Gasteiger partial charge is 0.202 e. The van der Waals surface area contributed by atoms with Gasteiger partial charge in [-0.25, -0.2) is 0 Å². The van der Waals surface area contributed by atoms with Crippen LogP contribution in [0.5, 0.6) is 0 Å². The third kappa shape index (κ3) is 2.83. The van der Waals surface area contributed by atoms with E-state index in [4.69, 9.17) is 4.74 Å². The van der Waals surface area contributed by atoms with Crippen molar-refractivity contribution in [3.05, 3.63) is 70.5 Å². The maximum atomic E-state index is 14.3. The Morgan fingerprint density at radius 2 is 1.94 bits per heavy atom. The van der Waals surface area contributed by atoms with Gasteiger partial charge in [-0.1, -0.05) is 61.8 Å². The SMILES string of the molecule is CN1CC[C@]23C4=C5O[C@H]2[C@@H](O)C=C[C@H]3[C@H]1CC4=CCC5(O)C(=O)c1ccccc1C1CCCCC1. The average molecular weight is 474 g/mol. The summed E-state index contributed by atoms with van der Waals surface area (Å²) in [6, 6.07) is 8.24. The van der Waals surface area contributed by atoms with E-state index in [0.717, 1.165) is 43.4 Å². The average Bonchev–Trinajstić information content (AvgIpc) is 3.25. The highest BCUT2D eigenvalue weighted by molar-refractivity contribution is 6.06. The first kappa shape index (κ1) is 22.0. The number of ketones is 1. The summed E-state index contributed by atoms with van der Waals surface area (Å²) >= 11 is 0. The van der Waals surface area contributed by atoms with Crippen LogP contribution in [-0.2, 0) is 4.74 Å². The lowest BCUT2D eigenvalue weighted by Crippen LogP contribution is -2.62. The van der Waals surface area contributed by atoms with Crippen LogP contribution in [0.4, 0.5) is 0 Å². The number of likely N-dealkylation sites (tertiary alicyclic amines) is 1. The lowest BCUT2D eigenvalue weighted by Gasteiger charge is -2.58. The number of hydrogen-bond acceptors (Lipinski definition) is 5. The molecular formula is C30H35NO4. The Kier molecular flexibility index (Phi) is 4.81. The Morgan fingerprint density at radius 3 is 2.77 bits per heavy atom. The summed E-state index contributed by atoms with van der Waals surface area (Å²) in [5.74, 6) is 0.760. The highest BCUT2D eigenvalue weighted by Crippen LogP contribution is 2.66. The fourth-order valence-corrected chi connectivity index (χ4v) is 8.39. The molecular weight excluding hydrogens is 438 g/mol. The molecule has 1 spiro atoms. The number of nitrogens with zero attached hydrogens (tertiary/aromatic N) is 1. The van der Waals surface area contributed by atoms with Gasteiger partial charge in [0, 0.05) is 34.9 Å². The van der Waals surface area contributed by atoms with Crippen molar-refractivity contribution < 1.29 is 19.7 Å². The fourth-order valence-electron chi connectivity index (χ4n) is 8.39. The van der Waals surface area contributed by atoms with Gasteiger partial charge in [0.15, 0.2) is 5.60 Å². The minimum absolute atomic E-state index is 0.214. The summed E-state index contributed by atoms with van der Waals surface area (Å²) in [4.78, 5) is 16.7. The van der Waals surface area contributed by atoms with E-state index in [1.165, 1.54) is 24.8 Å². The second-order valence-electron chi connectivity index (χ2n) is 11.7. The molecule has 0 aromatic heterocycles. The third-order valence-corrected chi connectivity index (χ3v) is 10.1. The predicted molar refractivity (Wildman–Crippen MR) is 133 cm³/mol. The maximum absolute atomic E-state index is 14.3. The van der Waals surface area contributed by atoms with Crippen molar-refractivity contribution in [2.45, 2.75) is 81.1 Å². The number of aliphatic hydroxyl groups excluding tert-OH is 1. The quantitative estimate of drug-likeness (QED) is 0.507. The number of carbonyl (C=O) groups is 1. The first-order chi connectivity index (χ1) is 16.9. The van der Waals surface area contributed by atoms with Crippen LogP contribution >= 0.6 is 0 Å². The molecule has 1 saturated heterocycles. The molecule has 5 nitrogen and oxygen atoms in total. The number of ether oxygens (including phenoxy) is 1. The molecule has 4 aliphatic carbocycles. The van der Waals surface area contributed by atoms with Gasteiger partial charge >= 0.3 is 0 Å². The van der Waals surface area contributed by atoms with Gasteiger partial charge in [0.05, 0.1) is 0 Å². The second-order valence-corrected chi connectivity index (χ2v) is 11.7. The van der Waals surface area contributed by atoms with Crippen LogP contribution in [0, 0.1) is 11.3 Å². The topological polar surface area (TPSA) is 70.0 Å². The summed E-state index contributed by atoms with van der Waals surface area (Å²) in [6.45, 7) is 0.919. The van der Waals surface area contributed by atoms with Gasteiger partial charge in [-0.3, -0.25) is 4.79 Å². The van der Waals surface area contributed by atoms with Gasteiger partial charge in [0.2, 0.25) is 5.78 Å². The van der Waals surface area contributed by atoms with Crippen LogP contribution in [0.1, 0.15) is 73.2 Å². The number of Topliss-reactive ketones (excluding diaryl/α,β-unsaturated/α-hetero) is 1. The van der Waals surface area contributed by atoms with Crippen molar-refractivity contribution in [3.63, 3.8) is 0 Å². The van der Waals surface area contributed by atoms with Crippen molar-refractivity contribution in [2.24, 2.45) is 11.3 Å². The van der Waals surface area contributed by atoms with Gasteiger partial charge in [-0.2, -0.15) is 0 Å². The fraction of sp³-hybridized carbons (Fsp3) is 0.567. The first-order valence-corrected chi connectivity index (χ1v) is 13.5. The number of aliphatic hydroxyl groups is 2. The van der Waals surface area contributed by atoms with Crippen molar-refractivity contribution in [2.75, 3.05) is 13.6 Å². The van der Waals surface area contributed by atoms with Crippen LogP contribution in [0.2, 0.25) is 0 Å². The Labute approximate surface area is 207 Å². The molecule has 3 fully saturated rings. The van der Waals surface area contributed by atoms with Crippen molar-refractivity contribution >= 4 is 5.78 Å². The van der Waals surface area contributed by atoms with E-state index >= 15 is 0 Å². The van der Waals surface area contributed by atoms with Crippen LogP contribution in [0.3, 0.4) is 0 Å². The van der Waals surface area contributed by atoms with E-state index < -0.39 is 17.8 Å². The van der Waals surface area contributed by atoms with Gasteiger partial charge in [-0.15, -0.1) is 0 Å². The van der Waals surface area contributed by atoms with Gasteiger partial charge in [0.25, 0.3) is 0 Å². The molecule has 6 atom stereocenters. The molecule has 6 aliphatic rings. The molecule has 7 rings (SSSR count). The number of hydrogen-bond donors (Lipinski definition) is 2. The summed E-state index contributed by atoms with van der Waals surface area (Å²) in [7, 11) is 2.18. The van der Waals surface area contributed by atoms with Crippen molar-refractivity contribution in [1.82, 2.24) is 4.90 Å². The highest BCUT2D eigenvalue weighted by Gasteiger charge is 2.68.